The number of carboxylic acids is 1. The van der Waals surface area contributed by atoms with Gasteiger partial charge in [0.2, 0.25) is 11.8 Å². The van der Waals surface area contributed by atoms with Gasteiger partial charge in [-0.1, -0.05) is 43.2 Å². The maximum absolute atomic E-state index is 12.7. The molecule has 3 rings (SSSR count). The van der Waals surface area contributed by atoms with Crippen molar-refractivity contribution in [2.45, 2.75) is 63.3 Å². The van der Waals surface area contributed by atoms with Gasteiger partial charge in [-0.3, -0.25) is 14.4 Å². The Morgan fingerprint density at radius 1 is 1.07 bits per heavy atom. The highest BCUT2D eigenvalue weighted by atomic mass is 16.4. The molecule has 2 fully saturated rings. The molecule has 1 aromatic rings. The van der Waals surface area contributed by atoms with Crippen molar-refractivity contribution in [3.63, 3.8) is 0 Å². The average Bonchev–Trinajstić information content (AvgIpc) is 3.14. The van der Waals surface area contributed by atoms with Crippen molar-refractivity contribution in [1.29, 1.82) is 0 Å². The number of carboxylic acid groups (broad SMARTS) is 1. The molecule has 1 aromatic carbocycles. The van der Waals surface area contributed by atoms with Crippen molar-refractivity contribution < 1.29 is 19.5 Å². The summed E-state index contributed by atoms with van der Waals surface area (Å²) in [7, 11) is 0. The molecule has 6 nitrogen and oxygen atoms in total. The second kappa shape index (κ2) is 9.22. The maximum Gasteiger partial charge on any atom is 0.305 e. The molecule has 2 amide bonds. The van der Waals surface area contributed by atoms with E-state index in [9.17, 15) is 19.5 Å². The van der Waals surface area contributed by atoms with Crippen LogP contribution in [0.5, 0.6) is 0 Å². The molecule has 2 aliphatic rings. The summed E-state index contributed by atoms with van der Waals surface area (Å²) in [5, 5.41) is 12.3. The van der Waals surface area contributed by atoms with Crippen LogP contribution in [0.4, 0.5) is 0 Å². The van der Waals surface area contributed by atoms with E-state index < -0.39 is 11.5 Å². The van der Waals surface area contributed by atoms with E-state index >= 15 is 0 Å². The molecule has 1 saturated carbocycles. The van der Waals surface area contributed by atoms with Gasteiger partial charge < -0.3 is 15.3 Å². The van der Waals surface area contributed by atoms with Gasteiger partial charge in [0.05, 0.1) is 12.0 Å². The lowest BCUT2D eigenvalue weighted by Gasteiger charge is -2.35. The summed E-state index contributed by atoms with van der Waals surface area (Å²) in [5.41, 5.74) is 0.580. The zero-order chi connectivity index (χ0) is 20.0. The van der Waals surface area contributed by atoms with E-state index in [1.165, 1.54) is 0 Å². The Morgan fingerprint density at radius 2 is 1.71 bits per heavy atom. The number of nitrogens with zero attached hydrogens (tertiary/aromatic N) is 1. The molecule has 6 heteroatoms. The number of hydrogen-bond donors (Lipinski definition) is 2. The van der Waals surface area contributed by atoms with Crippen molar-refractivity contribution in [1.82, 2.24) is 10.2 Å². The van der Waals surface area contributed by atoms with Crippen molar-refractivity contribution in [3.8, 4) is 0 Å². The number of nitrogens with one attached hydrogen (secondary N) is 1. The van der Waals surface area contributed by atoms with Crippen LogP contribution < -0.4 is 5.32 Å². The molecule has 1 aliphatic heterocycles. The van der Waals surface area contributed by atoms with E-state index in [2.05, 4.69) is 5.32 Å². The molecule has 0 radical (unpaired) electrons. The number of aryl methyl sites for hydroxylation is 1. The van der Waals surface area contributed by atoms with E-state index in [1.807, 2.05) is 35.2 Å². The van der Waals surface area contributed by atoms with Crippen molar-refractivity contribution in [2.75, 3.05) is 13.1 Å². The highest BCUT2D eigenvalue weighted by Crippen LogP contribution is 2.33. The van der Waals surface area contributed by atoms with Crippen molar-refractivity contribution in [2.24, 2.45) is 5.92 Å². The molecule has 28 heavy (non-hydrogen) atoms. The fraction of sp³-hybridized carbons (Fsp3) is 0.591. The molecule has 0 spiro atoms. The minimum atomic E-state index is -0.860. The van der Waals surface area contributed by atoms with Gasteiger partial charge in [-0.15, -0.1) is 0 Å². The first-order valence-corrected chi connectivity index (χ1v) is 10.3. The lowest BCUT2D eigenvalue weighted by molar-refractivity contribution is -0.140. The summed E-state index contributed by atoms with van der Waals surface area (Å²) in [5.74, 6) is -0.897. The Kier molecular flexibility index (Phi) is 6.70. The first kappa shape index (κ1) is 20.4. The molecule has 0 bridgehead atoms. The highest BCUT2D eigenvalue weighted by Gasteiger charge is 2.39. The van der Waals surface area contributed by atoms with Crippen molar-refractivity contribution in [3.05, 3.63) is 35.9 Å². The van der Waals surface area contributed by atoms with Gasteiger partial charge in [0.25, 0.3) is 0 Å². The van der Waals surface area contributed by atoms with Crippen LogP contribution in [-0.4, -0.2) is 46.4 Å². The first-order chi connectivity index (χ1) is 13.5. The second-order valence-electron chi connectivity index (χ2n) is 8.19. The fourth-order valence-electron chi connectivity index (χ4n) is 4.50. The third-order valence-corrected chi connectivity index (χ3v) is 6.13. The molecular weight excluding hydrogens is 356 g/mol. The van der Waals surface area contributed by atoms with Gasteiger partial charge >= 0.3 is 5.97 Å². The van der Waals surface area contributed by atoms with Crippen LogP contribution in [0.15, 0.2) is 30.3 Å². The van der Waals surface area contributed by atoms with E-state index in [-0.39, 0.29) is 24.2 Å². The summed E-state index contributed by atoms with van der Waals surface area (Å²) in [4.78, 5) is 38.2. The summed E-state index contributed by atoms with van der Waals surface area (Å²) >= 11 is 0. The Labute approximate surface area is 166 Å². The Balaban J connectivity index is 1.45. The minimum Gasteiger partial charge on any atom is -0.481 e. The van der Waals surface area contributed by atoms with Crippen LogP contribution in [0.1, 0.15) is 56.9 Å². The normalized spacial score (nSPS) is 19.4. The molecule has 0 aromatic heterocycles. The Bertz CT molecular complexity index is 690. The number of hydrogen-bond acceptors (Lipinski definition) is 3. The zero-order valence-electron chi connectivity index (χ0n) is 16.4. The molecule has 2 N–H and O–H groups in total. The van der Waals surface area contributed by atoms with Gasteiger partial charge in [0.1, 0.15) is 0 Å². The zero-order valence-corrected chi connectivity index (χ0v) is 16.4. The molecule has 0 unspecified atom stereocenters. The van der Waals surface area contributed by atoms with Crippen LogP contribution in [0.25, 0.3) is 0 Å². The van der Waals surface area contributed by atoms with Crippen LogP contribution in [-0.2, 0) is 20.8 Å². The summed E-state index contributed by atoms with van der Waals surface area (Å²) < 4.78 is 0. The average molecular weight is 386 g/mol. The number of amides is 2. The number of carbonyl (C=O) groups is 3. The summed E-state index contributed by atoms with van der Waals surface area (Å²) in [6.07, 6.45) is 5.90. The Hall–Kier alpha value is -2.37. The van der Waals surface area contributed by atoms with Gasteiger partial charge in [-0.2, -0.15) is 0 Å². The number of carbonyl (C=O) groups excluding carboxylic acids is 2. The van der Waals surface area contributed by atoms with Gasteiger partial charge in [-0.25, -0.2) is 0 Å². The fourth-order valence-corrected chi connectivity index (χ4v) is 4.50. The topological polar surface area (TPSA) is 86.7 Å². The van der Waals surface area contributed by atoms with Gasteiger partial charge in [0, 0.05) is 25.4 Å². The molecule has 1 heterocycles. The number of benzene rings is 1. The first-order valence-electron chi connectivity index (χ1n) is 10.3. The monoisotopic (exact) mass is 386 g/mol. The van der Waals surface area contributed by atoms with E-state index in [1.54, 1.807) is 0 Å². The third-order valence-electron chi connectivity index (χ3n) is 6.13. The lowest BCUT2D eigenvalue weighted by Crippen LogP contribution is -2.51. The standard InChI is InChI=1S/C22H30N2O4/c25-19(9-8-17-6-2-1-3-7-17)24-14-10-18(11-15-24)21(28)23-22(16-20(26)27)12-4-5-13-22/h1-3,6-7,18H,4-5,8-16H2,(H,23,28)(H,26,27). The predicted octanol–water partition coefficient (Wildman–Crippen LogP) is 2.76. The van der Waals surface area contributed by atoms with E-state index in [0.29, 0.717) is 32.4 Å². The molecular formula is C22H30N2O4. The highest BCUT2D eigenvalue weighted by molar-refractivity contribution is 5.81. The van der Waals surface area contributed by atoms with Gasteiger partial charge in [0.15, 0.2) is 0 Å². The molecule has 0 atom stereocenters. The van der Waals surface area contributed by atoms with Crippen molar-refractivity contribution >= 4 is 17.8 Å². The SMILES string of the molecule is O=C(O)CC1(NC(=O)C2CCN(C(=O)CCc3ccccc3)CC2)CCCC1. The molecule has 1 saturated heterocycles. The number of rotatable bonds is 7. The minimum absolute atomic E-state index is 0.00441. The van der Waals surface area contributed by atoms with Crippen LogP contribution in [0.3, 0.4) is 0 Å². The predicted molar refractivity (Wildman–Crippen MR) is 106 cm³/mol. The summed E-state index contributed by atoms with van der Waals surface area (Å²) in [6, 6.07) is 9.98. The molecule has 152 valence electrons. The molecule has 1 aliphatic carbocycles. The number of aliphatic carboxylic acids is 1. The number of piperidine rings is 1. The Morgan fingerprint density at radius 3 is 2.32 bits per heavy atom. The summed E-state index contributed by atoms with van der Waals surface area (Å²) in [6.45, 7) is 1.19. The van der Waals surface area contributed by atoms with Gasteiger partial charge in [-0.05, 0) is 37.7 Å². The van der Waals surface area contributed by atoms with Crippen LogP contribution >= 0.6 is 0 Å². The lowest BCUT2D eigenvalue weighted by atomic mass is 9.89. The van der Waals surface area contributed by atoms with E-state index in [4.69, 9.17) is 0 Å². The maximum atomic E-state index is 12.7. The third kappa shape index (κ3) is 5.33. The smallest absolute Gasteiger partial charge is 0.305 e. The van der Waals surface area contributed by atoms with Crippen LogP contribution in [0, 0.1) is 5.92 Å². The second-order valence-corrected chi connectivity index (χ2v) is 8.19. The number of likely N-dealkylation sites (tertiary alicyclic amines) is 1. The van der Waals surface area contributed by atoms with E-state index in [0.717, 1.165) is 37.7 Å². The quantitative estimate of drug-likeness (QED) is 0.754. The van der Waals surface area contributed by atoms with Crippen LogP contribution in [0.2, 0.25) is 0 Å². The largest absolute Gasteiger partial charge is 0.481 e.